The fraction of sp³-hybridized carbons (Fsp3) is 0.118. The predicted octanol–water partition coefficient (Wildman–Crippen LogP) is 5.22. The Balaban J connectivity index is 2.20. The van der Waals surface area contributed by atoms with Gasteiger partial charge >= 0.3 is 12.4 Å². The van der Waals surface area contributed by atoms with Gasteiger partial charge in [0.05, 0.1) is 11.1 Å². The van der Waals surface area contributed by atoms with Crippen molar-refractivity contribution in [1.82, 2.24) is 0 Å². The van der Waals surface area contributed by atoms with E-state index in [0.717, 1.165) is 6.08 Å². The molecule has 0 aromatic heterocycles. The van der Waals surface area contributed by atoms with Crippen molar-refractivity contribution < 1.29 is 31.1 Å². The van der Waals surface area contributed by atoms with Crippen molar-refractivity contribution in [3.05, 3.63) is 64.7 Å². The van der Waals surface area contributed by atoms with Gasteiger partial charge in [0.15, 0.2) is 0 Å². The SMILES string of the molecule is O=C1Nc2ccccc2C1=Cc1cc(C(F)(F)F)ccc1C(F)(F)F. The highest BCUT2D eigenvalue weighted by Crippen LogP contribution is 2.39. The average molecular weight is 357 g/mol. The standard InChI is InChI=1S/C17H9F6NO/c18-16(19,20)10-5-6-13(17(21,22)23)9(7-10)8-12-11-3-1-2-4-14(11)24-15(12)25/h1-8H,(H,24,25). The van der Waals surface area contributed by atoms with Crippen LogP contribution in [0.15, 0.2) is 42.5 Å². The molecule has 0 unspecified atom stereocenters. The molecule has 0 fully saturated rings. The molecule has 1 aliphatic heterocycles. The van der Waals surface area contributed by atoms with Crippen LogP contribution in [-0.2, 0) is 17.1 Å². The minimum Gasteiger partial charge on any atom is -0.321 e. The zero-order valence-electron chi connectivity index (χ0n) is 12.3. The van der Waals surface area contributed by atoms with E-state index < -0.39 is 35.0 Å². The maximum Gasteiger partial charge on any atom is 0.416 e. The van der Waals surface area contributed by atoms with Gasteiger partial charge in [-0.1, -0.05) is 18.2 Å². The molecular formula is C17H9F6NO. The van der Waals surface area contributed by atoms with E-state index in [1.807, 2.05) is 0 Å². The molecule has 2 aromatic carbocycles. The number of fused-ring (bicyclic) bond motifs is 1. The number of halogens is 6. The number of carbonyl (C=O) groups excluding carboxylic acids is 1. The topological polar surface area (TPSA) is 29.1 Å². The highest BCUT2D eigenvalue weighted by molar-refractivity contribution is 6.34. The van der Waals surface area contributed by atoms with E-state index in [0.29, 0.717) is 29.4 Å². The number of nitrogens with one attached hydrogen (secondary N) is 1. The van der Waals surface area contributed by atoms with E-state index in [9.17, 15) is 31.1 Å². The number of hydrogen-bond donors (Lipinski definition) is 1. The van der Waals surface area contributed by atoms with Crippen molar-refractivity contribution in [3.8, 4) is 0 Å². The van der Waals surface area contributed by atoms with Crippen LogP contribution in [0.4, 0.5) is 32.0 Å². The Morgan fingerprint density at radius 2 is 1.56 bits per heavy atom. The second-order valence-corrected chi connectivity index (χ2v) is 5.36. The summed E-state index contributed by atoms with van der Waals surface area (Å²) in [6.45, 7) is 0. The number of anilines is 1. The van der Waals surface area contributed by atoms with Gasteiger partial charge in [0, 0.05) is 16.8 Å². The van der Waals surface area contributed by atoms with Crippen molar-refractivity contribution in [2.24, 2.45) is 0 Å². The maximum absolute atomic E-state index is 13.1. The molecule has 3 rings (SSSR count). The van der Waals surface area contributed by atoms with Crippen molar-refractivity contribution in [1.29, 1.82) is 0 Å². The van der Waals surface area contributed by atoms with Crippen LogP contribution >= 0.6 is 0 Å². The molecule has 25 heavy (non-hydrogen) atoms. The summed E-state index contributed by atoms with van der Waals surface area (Å²) in [5, 5.41) is 2.46. The number of rotatable bonds is 1. The van der Waals surface area contributed by atoms with Gasteiger partial charge in [-0.25, -0.2) is 0 Å². The third-order valence-electron chi connectivity index (χ3n) is 3.69. The lowest BCUT2D eigenvalue weighted by Gasteiger charge is -2.14. The van der Waals surface area contributed by atoms with E-state index in [4.69, 9.17) is 0 Å². The highest BCUT2D eigenvalue weighted by atomic mass is 19.4. The van der Waals surface area contributed by atoms with Gasteiger partial charge in [-0.15, -0.1) is 0 Å². The fourth-order valence-electron chi connectivity index (χ4n) is 2.55. The first-order valence-electron chi connectivity index (χ1n) is 6.98. The fourth-order valence-corrected chi connectivity index (χ4v) is 2.55. The molecule has 0 spiro atoms. The molecule has 0 aliphatic carbocycles. The quantitative estimate of drug-likeness (QED) is 0.550. The van der Waals surface area contributed by atoms with Gasteiger partial charge in [-0.2, -0.15) is 26.3 Å². The third-order valence-corrected chi connectivity index (χ3v) is 3.69. The average Bonchev–Trinajstić information content (AvgIpc) is 2.81. The van der Waals surface area contributed by atoms with E-state index >= 15 is 0 Å². The van der Waals surface area contributed by atoms with E-state index in [1.165, 1.54) is 6.07 Å². The smallest absolute Gasteiger partial charge is 0.321 e. The third kappa shape index (κ3) is 3.24. The van der Waals surface area contributed by atoms with Crippen LogP contribution in [0.2, 0.25) is 0 Å². The van der Waals surface area contributed by atoms with Gasteiger partial charge in [0.25, 0.3) is 5.91 Å². The highest BCUT2D eigenvalue weighted by Gasteiger charge is 2.37. The predicted molar refractivity (Wildman–Crippen MR) is 79.4 cm³/mol. The second-order valence-electron chi connectivity index (χ2n) is 5.36. The molecule has 0 radical (unpaired) electrons. The van der Waals surface area contributed by atoms with Gasteiger partial charge < -0.3 is 5.32 Å². The monoisotopic (exact) mass is 357 g/mol. The summed E-state index contributed by atoms with van der Waals surface area (Å²) in [5.41, 5.74) is -2.59. The summed E-state index contributed by atoms with van der Waals surface area (Å²) in [5.74, 6) is -0.674. The van der Waals surface area contributed by atoms with E-state index in [-0.39, 0.29) is 5.57 Å². The Labute approximate surface area is 137 Å². The normalized spacial score (nSPS) is 16.1. The van der Waals surface area contributed by atoms with Crippen LogP contribution in [0.1, 0.15) is 22.3 Å². The molecule has 0 saturated heterocycles. The molecule has 2 aromatic rings. The summed E-state index contributed by atoms with van der Waals surface area (Å²) >= 11 is 0. The summed E-state index contributed by atoms with van der Waals surface area (Å²) in [6, 6.07) is 7.37. The lowest BCUT2D eigenvalue weighted by Crippen LogP contribution is -2.12. The van der Waals surface area contributed by atoms with Crippen molar-refractivity contribution >= 4 is 23.2 Å². The molecule has 2 nitrogen and oxygen atoms in total. The number of amides is 1. The van der Waals surface area contributed by atoms with E-state index in [2.05, 4.69) is 5.32 Å². The van der Waals surface area contributed by atoms with Crippen LogP contribution in [-0.4, -0.2) is 5.91 Å². The molecule has 0 bridgehead atoms. The Hall–Kier alpha value is -2.77. The van der Waals surface area contributed by atoms with Crippen LogP contribution in [0.25, 0.3) is 11.6 Å². The van der Waals surface area contributed by atoms with Crippen molar-refractivity contribution in [3.63, 3.8) is 0 Å². The van der Waals surface area contributed by atoms with Crippen molar-refractivity contribution in [2.45, 2.75) is 12.4 Å². The van der Waals surface area contributed by atoms with E-state index in [1.54, 1.807) is 18.2 Å². The van der Waals surface area contributed by atoms with Crippen LogP contribution in [0.5, 0.6) is 0 Å². The molecular weight excluding hydrogens is 348 g/mol. The lowest BCUT2D eigenvalue weighted by molar-refractivity contribution is -0.141. The van der Waals surface area contributed by atoms with Gasteiger partial charge in [-0.3, -0.25) is 4.79 Å². The minimum absolute atomic E-state index is 0.125. The molecule has 0 atom stereocenters. The first-order chi connectivity index (χ1) is 11.6. The van der Waals surface area contributed by atoms with Crippen molar-refractivity contribution in [2.75, 3.05) is 5.32 Å². The Bertz CT molecular complexity index is 879. The number of hydrogen-bond acceptors (Lipinski definition) is 1. The molecule has 1 aliphatic rings. The number of para-hydroxylation sites is 1. The molecule has 0 saturated carbocycles. The zero-order chi connectivity index (χ0) is 18.4. The first-order valence-corrected chi connectivity index (χ1v) is 6.98. The Morgan fingerprint density at radius 3 is 2.20 bits per heavy atom. The largest absolute Gasteiger partial charge is 0.416 e. The summed E-state index contributed by atoms with van der Waals surface area (Å²) in [4.78, 5) is 12.0. The first kappa shape index (κ1) is 17.1. The van der Waals surface area contributed by atoms with Gasteiger partial charge in [0.2, 0.25) is 0 Å². The molecule has 1 heterocycles. The molecule has 130 valence electrons. The summed E-state index contributed by atoms with van der Waals surface area (Å²) in [6.07, 6.45) is -8.82. The van der Waals surface area contributed by atoms with Crippen LogP contribution in [0.3, 0.4) is 0 Å². The second kappa shape index (κ2) is 5.65. The van der Waals surface area contributed by atoms with Gasteiger partial charge in [0.1, 0.15) is 0 Å². The molecule has 1 N–H and O–H groups in total. The van der Waals surface area contributed by atoms with Gasteiger partial charge in [-0.05, 0) is 35.9 Å². The molecule has 1 amide bonds. The summed E-state index contributed by atoms with van der Waals surface area (Å²) in [7, 11) is 0. The number of benzene rings is 2. The summed E-state index contributed by atoms with van der Waals surface area (Å²) < 4.78 is 77.9. The maximum atomic E-state index is 13.1. The number of carbonyl (C=O) groups is 1. The zero-order valence-corrected chi connectivity index (χ0v) is 12.3. The Morgan fingerprint density at radius 1 is 0.880 bits per heavy atom. The number of alkyl halides is 6. The van der Waals surface area contributed by atoms with Crippen LogP contribution < -0.4 is 5.32 Å². The minimum atomic E-state index is -4.86. The Kier molecular flexibility index (Phi) is 3.85. The lowest BCUT2D eigenvalue weighted by atomic mass is 9.98. The van der Waals surface area contributed by atoms with Crippen LogP contribution in [0, 0.1) is 0 Å². The molecule has 8 heteroatoms.